The Morgan fingerprint density at radius 2 is 1.65 bits per heavy atom. The van der Waals surface area contributed by atoms with Crippen LogP contribution in [0.25, 0.3) is 11.3 Å². The van der Waals surface area contributed by atoms with Crippen molar-refractivity contribution in [1.82, 2.24) is 14.9 Å². The summed E-state index contributed by atoms with van der Waals surface area (Å²) in [4.78, 5) is 25.9. The van der Waals surface area contributed by atoms with E-state index in [1.807, 2.05) is 36.7 Å². The van der Waals surface area contributed by atoms with Crippen molar-refractivity contribution in [1.29, 1.82) is 0 Å². The minimum absolute atomic E-state index is 0.330. The molecule has 2 aromatic rings. The molecule has 3 heterocycles. The van der Waals surface area contributed by atoms with E-state index in [9.17, 15) is 4.79 Å². The molecule has 5 rings (SSSR count). The number of aromatic nitrogens is 2. The average Bonchev–Trinajstić information content (AvgIpc) is 3.32. The summed E-state index contributed by atoms with van der Waals surface area (Å²) in [6, 6.07) is 7.64. The number of rotatable bonds is 3. The highest BCUT2D eigenvalue weighted by Gasteiger charge is 2.44. The maximum atomic E-state index is 12.3. The molecule has 2 aliphatic heterocycles. The van der Waals surface area contributed by atoms with Gasteiger partial charge in [0.15, 0.2) is 0 Å². The molecule has 134 valence electrons. The Kier molecular flexibility index (Phi) is 3.85. The van der Waals surface area contributed by atoms with E-state index >= 15 is 0 Å². The first-order valence-corrected chi connectivity index (χ1v) is 9.67. The van der Waals surface area contributed by atoms with Crippen molar-refractivity contribution >= 4 is 23.3 Å². The number of hydrogen-bond donors (Lipinski definition) is 0. The number of nitrogens with zero attached hydrogens (tertiary/aromatic N) is 4. The van der Waals surface area contributed by atoms with Gasteiger partial charge in [0.25, 0.3) is 0 Å². The molecule has 2 atom stereocenters. The molecule has 26 heavy (non-hydrogen) atoms. The number of carbonyl (C=O) groups excluding carboxylic acids is 1. The maximum Gasteiger partial charge on any atom is 0.225 e. The molecule has 1 amide bonds. The van der Waals surface area contributed by atoms with Crippen molar-refractivity contribution in [3.05, 3.63) is 41.7 Å². The lowest BCUT2D eigenvalue weighted by atomic mass is 10.0. The van der Waals surface area contributed by atoms with Gasteiger partial charge in [-0.1, -0.05) is 23.7 Å². The van der Waals surface area contributed by atoms with Gasteiger partial charge in [-0.15, -0.1) is 0 Å². The topological polar surface area (TPSA) is 49.3 Å². The van der Waals surface area contributed by atoms with E-state index in [4.69, 9.17) is 11.6 Å². The summed E-state index contributed by atoms with van der Waals surface area (Å²) in [6.07, 6.45) is 5.87. The molecule has 2 unspecified atom stereocenters. The summed E-state index contributed by atoms with van der Waals surface area (Å²) in [5.41, 5.74) is 1.87. The third-order valence-electron chi connectivity index (χ3n) is 5.83. The second-order valence-electron chi connectivity index (χ2n) is 7.71. The van der Waals surface area contributed by atoms with Gasteiger partial charge in [-0.2, -0.15) is 0 Å². The number of likely N-dealkylation sites (tertiary alicyclic amines) is 1. The Morgan fingerprint density at radius 1 is 0.962 bits per heavy atom. The molecule has 3 aliphatic rings. The Bertz CT molecular complexity index is 805. The lowest BCUT2D eigenvalue weighted by Crippen LogP contribution is -2.34. The Balaban J connectivity index is 1.24. The molecule has 0 N–H and O–H groups in total. The standard InChI is InChI=1S/C20H21ClN4O/c21-17-5-3-13(4-6-17)18-7-23-19(8-22-18)24-9-15-11-25(12-16(15)10-24)20(26)14-1-2-14/h3-8,14-16H,1-2,9-12H2. The minimum Gasteiger partial charge on any atom is -0.355 e. The molecule has 0 bridgehead atoms. The van der Waals surface area contributed by atoms with E-state index in [-0.39, 0.29) is 0 Å². The van der Waals surface area contributed by atoms with Gasteiger partial charge in [0.05, 0.1) is 18.1 Å². The van der Waals surface area contributed by atoms with E-state index in [2.05, 4.69) is 19.8 Å². The molecule has 0 radical (unpaired) electrons. The molecule has 1 aliphatic carbocycles. The maximum absolute atomic E-state index is 12.3. The number of fused-ring (bicyclic) bond motifs is 1. The van der Waals surface area contributed by atoms with Crippen LogP contribution in [0.15, 0.2) is 36.7 Å². The van der Waals surface area contributed by atoms with Crippen LogP contribution < -0.4 is 4.90 Å². The Morgan fingerprint density at radius 3 is 2.23 bits per heavy atom. The second kappa shape index (κ2) is 6.23. The third kappa shape index (κ3) is 2.94. The monoisotopic (exact) mass is 368 g/mol. The molecule has 1 aromatic heterocycles. The number of amides is 1. The summed E-state index contributed by atoms with van der Waals surface area (Å²) in [5.74, 6) is 2.78. The van der Waals surface area contributed by atoms with E-state index in [1.165, 1.54) is 0 Å². The van der Waals surface area contributed by atoms with Crippen molar-refractivity contribution in [3.63, 3.8) is 0 Å². The SMILES string of the molecule is O=C(C1CC1)N1CC2CN(c3cnc(-c4ccc(Cl)cc4)cn3)CC2C1. The second-order valence-corrected chi connectivity index (χ2v) is 8.15. The fourth-order valence-corrected chi connectivity index (χ4v) is 4.33. The average molecular weight is 369 g/mol. The summed E-state index contributed by atoms with van der Waals surface area (Å²) >= 11 is 5.94. The van der Waals surface area contributed by atoms with Gasteiger partial charge in [-0.3, -0.25) is 9.78 Å². The van der Waals surface area contributed by atoms with Crippen LogP contribution in [0.3, 0.4) is 0 Å². The predicted molar refractivity (Wildman–Crippen MR) is 101 cm³/mol. The largest absolute Gasteiger partial charge is 0.355 e. The van der Waals surface area contributed by atoms with Crippen LogP contribution in [0.4, 0.5) is 5.82 Å². The van der Waals surface area contributed by atoms with Crippen molar-refractivity contribution < 1.29 is 4.79 Å². The molecule has 1 aromatic carbocycles. The Labute approximate surface area is 158 Å². The normalized spacial score (nSPS) is 24.8. The number of halogens is 1. The van der Waals surface area contributed by atoms with Crippen molar-refractivity contribution in [2.24, 2.45) is 17.8 Å². The predicted octanol–water partition coefficient (Wildman–Crippen LogP) is 3.10. The van der Waals surface area contributed by atoms with Gasteiger partial charge in [0.1, 0.15) is 5.82 Å². The minimum atomic E-state index is 0.330. The van der Waals surface area contributed by atoms with Gasteiger partial charge >= 0.3 is 0 Å². The fourth-order valence-electron chi connectivity index (χ4n) is 4.20. The van der Waals surface area contributed by atoms with Crippen molar-refractivity contribution in [3.8, 4) is 11.3 Å². The first-order chi connectivity index (χ1) is 12.7. The molecule has 6 heteroatoms. The quantitative estimate of drug-likeness (QED) is 0.835. The van der Waals surface area contributed by atoms with Crippen molar-refractivity contribution in [2.75, 3.05) is 31.1 Å². The smallest absolute Gasteiger partial charge is 0.225 e. The number of benzene rings is 1. The van der Waals surface area contributed by atoms with Crippen LogP contribution in [0, 0.1) is 17.8 Å². The van der Waals surface area contributed by atoms with Crippen LogP contribution in [-0.4, -0.2) is 47.0 Å². The zero-order chi connectivity index (χ0) is 17.7. The summed E-state index contributed by atoms with van der Waals surface area (Å²) in [5, 5.41) is 0.719. The van der Waals surface area contributed by atoms with Crippen molar-refractivity contribution in [2.45, 2.75) is 12.8 Å². The molecule has 3 fully saturated rings. The van der Waals surface area contributed by atoms with Crippen LogP contribution in [0.1, 0.15) is 12.8 Å². The van der Waals surface area contributed by atoms with E-state index in [1.54, 1.807) is 0 Å². The zero-order valence-electron chi connectivity index (χ0n) is 14.5. The highest BCUT2D eigenvalue weighted by Crippen LogP contribution is 2.37. The van der Waals surface area contributed by atoms with Gasteiger partial charge in [-0.05, 0) is 25.0 Å². The Hall–Kier alpha value is -2.14. The van der Waals surface area contributed by atoms with Gasteiger partial charge < -0.3 is 9.80 Å². The molecular weight excluding hydrogens is 348 g/mol. The number of carbonyl (C=O) groups is 1. The van der Waals surface area contributed by atoms with Gasteiger partial charge in [0.2, 0.25) is 5.91 Å². The highest BCUT2D eigenvalue weighted by atomic mass is 35.5. The van der Waals surface area contributed by atoms with E-state index < -0.39 is 0 Å². The van der Waals surface area contributed by atoms with Crippen LogP contribution in [0.5, 0.6) is 0 Å². The zero-order valence-corrected chi connectivity index (χ0v) is 15.3. The fraction of sp³-hybridized carbons (Fsp3) is 0.450. The summed E-state index contributed by atoms with van der Waals surface area (Å²) < 4.78 is 0. The van der Waals surface area contributed by atoms with Gasteiger partial charge in [-0.25, -0.2) is 4.98 Å². The van der Waals surface area contributed by atoms with Crippen LogP contribution in [0.2, 0.25) is 5.02 Å². The van der Waals surface area contributed by atoms with E-state index in [0.717, 1.165) is 61.1 Å². The van der Waals surface area contributed by atoms with Crippen LogP contribution >= 0.6 is 11.6 Å². The molecule has 1 saturated carbocycles. The van der Waals surface area contributed by atoms with E-state index in [0.29, 0.717) is 23.7 Å². The molecule has 0 spiro atoms. The lowest BCUT2D eigenvalue weighted by Gasteiger charge is -2.22. The number of hydrogen-bond acceptors (Lipinski definition) is 4. The third-order valence-corrected chi connectivity index (χ3v) is 6.08. The first kappa shape index (κ1) is 16.1. The molecule has 2 saturated heterocycles. The molecule has 5 nitrogen and oxygen atoms in total. The lowest BCUT2D eigenvalue weighted by molar-refractivity contribution is -0.131. The molecular formula is C20H21ClN4O. The number of anilines is 1. The van der Waals surface area contributed by atoms with Gasteiger partial charge in [0, 0.05) is 54.5 Å². The highest BCUT2D eigenvalue weighted by molar-refractivity contribution is 6.30. The van der Waals surface area contributed by atoms with Crippen LogP contribution in [-0.2, 0) is 4.79 Å². The first-order valence-electron chi connectivity index (χ1n) is 9.29. The summed E-state index contributed by atoms with van der Waals surface area (Å²) in [7, 11) is 0. The summed E-state index contributed by atoms with van der Waals surface area (Å²) in [6.45, 7) is 3.75.